The molecular formula is C6H12F4O3S. The number of halogens is 4. The number of rotatable bonds is 3. The maximum absolute atomic E-state index is 12.2. The first-order chi connectivity index (χ1) is 5.80. The van der Waals surface area contributed by atoms with E-state index in [1.807, 2.05) is 0 Å². The molecule has 0 aromatic carbocycles. The van der Waals surface area contributed by atoms with Gasteiger partial charge in [0.15, 0.2) is 0 Å². The van der Waals surface area contributed by atoms with Gasteiger partial charge in [-0.3, -0.25) is 0 Å². The van der Waals surface area contributed by atoms with Crippen LogP contribution in [0.25, 0.3) is 0 Å². The molecule has 0 heterocycles. The molecule has 0 saturated heterocycles. The molecule has 0 rings (SSSR count). The minimum atomic E-state index is -6.03. The Balaban J connectivity index is 5.17. The molecule has 0 atom stereocenters. The fourth-order valence-corrected chi connectivity index (χ4v) is 1.80. The third-order valence-electron chi connectivity index (χ3n) is 1.86. The van der Waals surface area contributed by atoms with Crippen LogP contribution in [0.3, 0.4) is 0 Å². The topological polar surface area (TPSA) is 57.5 Å². The molecule has 0 saturated carbocycles. The molecule has 0 spiro atoms. The minimum absolute atomic E-state index is 0.758. The number of alkyl halides is 4. The average molecular weight is 240 g/mol. The molecule has 0 fully saturated rings. The van der Waals surface area contributed by atoms with Crippen molar-refractivity contribution in [3.05, 3.63) is 0 Å². The third kappa shape index (κ3) is 2.89. The fourth-order valence-electron chi connectivity index (χ4n) is 0.600. The van der Waals surface area contributed by atoms with Gasteiger partial charge in [-0.05, 0) is 13.8 Å². The van der Waals surface area contributed by atoms with Crippen molar-refractivity contribution < 1.29 is 30.9 Å². The van der Waals surface area contributed by atoms with E-state index in [0.717, 1.165) is 13.8 Å². The minimum Gasteiger partial charge on any atom is -0.307 e. The van der Waals surface area contributed by atoms with Crippen molar-refractivity contribution in [3.8, 4) is 0 Å². The van der Waals surface area contributed by atoms with Crippen molar-refractivity contribution in [1.82, 2.24) is 0 Å². The highest BCUT2D eigenvalue weighted by Crippen LogP contribution is 2.39. The zero-order valence-electron chi connectivity index (χ0n) is 7.64. The zero-order chi connectivity index (χ0) is 11.9. The highest BCUT2D eigenvalue weighted by molar-refractivity contribution is 8.11. The predicted octanol–water partition coefficient (Wildman–Crippen LogP) is 2.06. The van der Waals surface area contributed by atoms with Crippen molar-refractivity contribution >= 4 is 9.63 Å². The van der Waals surface area contributed by atoms with Crippen LogP contribution in [0.15, 0.2) is 0 Å². The van der Waals surface area contributed by atoms with E-state index in [2.05, 4.69) is 0 Å². The largest absolute Gasteiger partial charge is 0.402 e. The highest BCUT2D eigenvalue weighted by Gasteiger charge is 2.54. The van der Waals surface area contributed by atoms with Crippen molar-refractivity contribution in [2.75, 3.05) is 12.4 Å². The SMILES string of the molecule is CC(C)(CF)S(=O)(O)(O)CC(F)(F)F. The Morgan fingerprint density at radius 2 is 1.57 bits per heavy atom. The Morgan fingerprint density at radius 3 is 1.79 bits per heavy atom. The second kappa shape index (κ2) is 3.14. The zero-order valence-corrected chi connectivity index (χ0v) is 8.45. The summed E-state index contributed by atoms with van der Waals surface area (Å²) in [5.74, 6) is -2.32. The van der Waals surface area contributed by atoms with Crippen LogP contribution in [0.5, 0.6) is 0 Å². The molecule has 14 heavy (non-hydrogen) atoms. The van der Waals surface area contributed by atoms with E-state index in [4.69, 9.17) is 9.11 Å². The van der Waals surface area contributed by atoms with E-state index in [-0.39, 0.29) is 0 Å². The maximum Gasteiger partial charge on any atom is 0.402 e. The molecule has 88 valence electrons. The molecule has 0 radical (unpaired) electrons. The van der Waals surface area contributed by atoms with Gasteiger partial charge in [-0.1, -0.05) is 0 Å². The van der Waals surface area contributed by atoms with Crippen molar-refractivity contribution in [1.29, 1.82) is 0 Å². The van der Waals surface area contributed by atoms with Crippen LogP contribution in [0.1, 0.15) is 13.8 Å². The molecule has 0 aromatic rings. The maximum atomic E-state index is 12.2. The molecule has 0 aromatic heterocycles. The Kier molecular flexibility index (Phi) is 3.09. The molecular weight excluding hydrogens is 228 g/mol. The van der Waals surface area contributed by atoms with E-state index < -0.39 is 33.0 Å². The molecule has 2 N–H and O–H groups in total. The molecule has 3 nitrogen and oxygen atoms in total. The Bertz CT molecular complexity index is 277. The van der Waals surface area contributed by atoms with Gasteiger partial charge in [0, 0.05) is 0 Å². The summed E-state index contributed by atoms with van der Waals surface area (Å²) in [6.07, 6.45) is -5.03. The van der Waals surface area contributed by atoms with E-state index in [0.29, 0.717) is 0 Å². The van der Waals surface area contributed by atoms with Gasteiger partial charge < -0.3 is 9.11 Å². The van der Waals surface area contributed by atoms with Crippen molar-refractivity contribution in [2.45, 2.75) is 24.8 Å². The highest BCUT2D eigenvalue weighted by atomic mass is 32.3. The van der Waals surface area contributed by atoms with Crippen LogP contribution < -0.4 is 0 Å². The average Bonchev–Trinajstić information content (AvgIpc) is 1.79. The first-order valence-corrected chi connectivity index (χ1v) is 5.62. The third-order valence-corrected chi connectivity index (χ3v) is 5.03. The van der Waals surface area contributed by atoms with Crippen LogP contribution in [-0.4, -0.2) is 36.7 Å². The Morgan fingerprint density at radius 1 is 1.21 bits per heavy atom. The molecule has 0 bridgehead atoms. The fraction of sp³-hybridized carbons (Fsp3) is 1.00. The summed E-state index contributed by atoms with van der Waals surface area (Å²) in [5, 5.41) is 0. The molecule has 0 unspecified atom stereocenters. The summed E-state index contributed by atoms with van der Waals surface area (Å²) in [6.45, 7) is -0.0112. The van der Waals surface area contributed by atoms with Gasteiger partial charge in [0.1, 0.15) is 12.4 Å². The van der Waals surface area contributed by atoms with Gasteiger partial charge >= 0.3 is 6.18 Å². The summed E-state index contributed by atoms with van der Waals surface area (Å²) in [5.41, 5.74) is 0. The molecule has 0 aliphatic heterocycles. The van der Waals surface area contributed by atoms with E-state index >= 15 is 0 Å². The lowest BCUT2D eigenvalue weighted by molar-refractivity contribution is -0.109. The summed E-state index contributed by atoms with van der Waals surface area (Å²) in [7, 11) is -6.03. The lowest BCUT2D eigenvalue weighted by atomic mass is 10.2. The van der Waals surface area contributed by atoms with Crippen LogP contribution in [-0.2, 0) is 9.63 Å². The standard InChI is InChI=1S/C6H12F4O3S/c1-5(2,3-7)14(11,12,13)4-6(8,9)10/h3-4H2,1-2H3,(H2,11,12,13). The molecule has 0 amide bonds. The Hall–Kier alpha value is -0.210. The summed E-state index contributed by atoms with van der Waals surface area (Å²) < 4.78 is 74.6. The predicted molar refractivity (Wildman–Crippen MR) is 44.4 cm³/mol. The molecule has 8 heteroatoms. The molecule has 0 aliphatic carbocycles. The first-order valence-electron chi connectivity index (χ1n) is 3.57. The summed E-state index contributed by atoms with van der Waals surface area (Å²) >= 11 is 0. The van der Waals surface area contributed by atoms with Crippen molar-refractivity contribution in [3.63, 3.8) is 0 Å². The summed E-state index contributed by atoms with van der Waals surface area (Å²) in [6, 6.07) is 0. The van der Waals surface area contributed by atoms with E-state index in [1.54, 1.807) is 0 Å². The molecule has 0 aliphatic rings. The quantitative estimate of drug-likeness (QED) is 0.742. The Labute approximate surface area is 78.5 Å². The van der Waals surface area contributed by atoms with Gasteiger partial charge in [-0.2, -0.15) is 13.2 Å². The second-order valence-corrected chi connectivity index (χ2v) is 7.10. The number of hydrogen-bond donors (Lipinski definition) is 2. The van der Waals surface area contributed by atoms with Crippen LogP contribution in [0, 0.1) is 0 Å². The van der Waals surface area contributed by atoms with Gasteiger partial charge in [-0.15, -0.1) is 0 Å². The van der Waals surface area contributed by atoms with Gasteiger partial charge in [0.05, 0.1) is 14.4 Å². The van der Waals surface area contributed by atoms with Crippen molar-refractivity contribution in [2.24, 2.45) is 0 Å². The lowest BCUT2D eigenvalue weighted by Crippen LogP contribution is -2.58. The van der Waals surface area contributed by atoms with E-state index in [1.165, 1.54) is 0 Å². The van der Waals surface area contributed by atoms with Gasteiger partial charge in [0.25, 0.3) is 0 Å². The van der Waals surface area contributed by atoms with Crippen LogP contribution >= 0.6 is 0 Å². The smallest absolute Gasteiger partial charge is 0.307 e. The van der Waals surface area contributed by atoms with Gasteiger partial charge in [0.2, 0.25) is 0 Å². The van der Waals surface area contributed by atoms with Gasteiger partial charge in [-0.25, -0.2) is 8.60 Å². The normalized spacial score (nSPS) is 17.6. The lowest BCUT2D eigenvalue weighted by Gasteiger charge is -2.43. The number of hydrogen-bond acceptors (Lipinski definition) is 1. The van der Waals surface area contributed by atoms with Crippen LogP contribution in [0.2, 0.25) is 0 Å². The summed E-state index contributed by atoms with van der Waals surface area (Å²) in [4.78, 5) is 0. The monoisotopic (exact) mass is 240 g/mol. The van der Waals surface area contributed by atoms with E-state index in [9.17, 15) is 21.8 Å². The van der Waals surface area contributed by atoms with Crippen LogP contribution in [0.4, 0.5) is 17.6 Å². The first kappa shape index (κ1) is 13.8. The second-order valence-electron chi connectivity index (χ2n) is 3.67.